The molecule has 19 heavy (non-hydrogen) atoms. The molecule has 106 valence electrons. The molecule has 0 aliphatic carbocycles. The predicted octanol–water partition coefficient (Wildman–Crippen LogP) is 2.11. The smallest absolute Gasteiger partial charge is 0.134 e. The molecule has 2 rings (SSSR count). The SMILES string of the molecule is CC(C)CN1CCN(c2ncc(Br)cc2CO)CC1. The third kappa shape index (κ3) is 3.91. The van der Waals surface area contributed by atoms with Gasteiger partial charge < -0.3 is 10.0 Å². The van der Waals surface area contributed by atoms with E-state index in [2.05, 4.69) is 44.6 Å². The monoisotopic (exact) mass is 327 g/mol. The molecule has 4 nitrogen and oxygen atoms in total. The van der Waals surface area contributed by atoms with E-state index in [1.54, 1.807) is 6.20 Å². The van der Waals surface area contributed by atoms with Gasteiger partial charge >= 0.3 is 0 Å². The molecule has 0 saturated carbocycles. The highest BCUT2D eigenvalue weighted by atomic mass is 79.9. The number of hydrogen-bond donors (Lipinski definition) is 1. The minimum atomic E-state index is 0.0357. The summed E-state index contributed by atoms with van der Waals surface area (Å²) >= 11 is 3.40. The lowest BCUT2D eigenvalue weighted by molar-refractivity contribution is 0.230. The van der Waals surface area contributed by atoms with Gasteiger partial charge in [-0.25, -0.2) is 4.98 Å². The van der Waals surface area contributed by atoms with E-state index in [-0.39, 0.29) is 6.61 Å². The maximum absolute atomic E-state index is 9.45. The lowest BCUT2D eigenvalue weighted by Gasteiger charge is -2.36. The number of aromatic nitrogens is 1. The summed E-state index contributed by atoms with van der Waals surface area (Å²) in [5, 5.41) is 9.45. The molecule has 2 heterocycles. The van der Waals surface area contributed by atoms with Crippen LogP contribution in [0, 0.1) is 5.92 Å². The Bertz CT molecular complexity index is 417. The van der Waals surface area contributed by atoms with Crippen LogP contribution in [0.25, 0.3) is 0 Å². The maximum atomic E-state index is 9.45. The molecule has 0 amide bonds. The Morgan fingerprint density at radius 1 is 1.32 bits per heavy atom. The van der Waals surface area contributed by atoms with Gasteiger partial charge in [-0.05, 0) is 27.9 Å². The summed E-state index contributed by atoms with van der Waals surface area (Å²) in [6, 6.07) is 1.95. The fourth-order valence-electron chi connectivity index (χ4n) is 2.53. The Hall–Kier alpha value is -0.650. The summed E-state index contributed by atoms with van der Waals surface area (Å²) in [7, 11) is 0. The van der Waals surface area contributed by atoms with Gasteiger partial charge in [0.25, 0.3) is 0 Å². The second-order valence-corrected chi connectivity index (χ2v) is 6.39. The van der Waals surface area contributed by atoms with Gasteiger partial charge in [-0.15, -0.1) is 0 Å². The van der Waals surface area contributed by atoms with E-state index in [0.29, 0.717) is 5.92 Å². The van der Waals surface area contributed by atoms with Crippen molar-refractivity contribution in [1.82, 2.24) is 9.88 Å². The van der Waals surface area contributed by atoms with Crippen LogP contribution in [0.1, 0.15) is 19.4 Å². The van der Waals surface area contributed by atoms with Gasteiger partial charge in [0.05, 0.1) is 6.61 Å². The van der Waals surface area contributed by atoms with E-state index in [1.165, 1.54) is 0 Å². The molecular weight excluding hydrogens is 306 g/mol. The maximum Gasteiger partial charge on any atom is 0.134 e. The van der Waals surface area contributed by atoms with Crippen LogP contribution in [-0.2, 0) is 6.61 Å². The molecule has 1 saturated heterocycles. The van der Waals surface area contributed by atoms with Gasteiger partial charge in [0.1, 0.15) is 5.82 Å². The molecule has 1 aliphatic rings. The molecule has 0 spiro atoms. The van der Waals surface area contributed by atoms with Gasteiger partial charge in [0.2, 0.25) is 0 Å². The Balaban J connectivity index is 2.01. The van der Waals surface area contributed by atoms with Crippen LogP contribution in [0.4, 0.5) is 5.82 Å². The van der Waals surface area contributed by atoms with Gasteiger partial charge in [0.15, 0.2) is 0 Å². The van der Waals surface area contributed by atoms with E-state index < -0.39 is 0 Å². The highest BCUT2D eigenvalue weighted by Crippen LogP contribution is 2.23. The first-order valence-electron chi connectivity index (χ1n) is 6.82. The third-order valence-corrected chi connectivity index (χ3v) is 3.81. The lowest BCUT2D eigenvalue weighted by atomic mass is 10.2. The Kier molecular flexibility index (Phi) is 5.19. The van der Waals surface area contributed by atoms with Crippen LogP contribution in [0.5, 0.6) is 0 Å². The number of pyridine rings is 1. The molecule has 1 aromatic rings. The van der Waals surface area contributed by atoms with Crippen LogP contribution < -0.4 is 4.90 Å². The third-order valence-electron chi connectivity index (χ3n) is 3.38. The van der Waals surface area contributed by atoms with Crippen molar-refractivity contribution in [3.8, 4) is 0 Å². The number of hydrogen-bond acceptors (Lipinski definition) is 4. The second kappa shape index (κ2) is 6.68. The minimum Gasteiger partial charge on any atom is -0.392 e. The molecular formula is C14H22BrN3O. The summed E-state index contributed by atoms with van der Waals surface area (Å²) in [6.45, 7) is 9.81. The highest BCUT2D eigenvalue weighted by Gasteiger charge is 2.20. The number of halogens is 1. The number of rotatable bonds is 4. The van der Waals surface area contributed by atoms with Crippen molar-refractivity contribution < 1.29 is 5.11 Å². The fourth-order valence-corrected chi connectivity index (χ4v) is 2.91. The summed E-state index contributed by atoms with van der Waals surface area (Å²) in [6.07, 6.45) is 1.80. The number of piperazine rings is 1. The Morgan fingerprint density at radius 3 is 2.58 bits per heavy atom. The van der Waals surface area contributed by atoms with Gasteiger partial charge in [-0.1, -0.05) is 13.8 Å². The number of aliphatic hydroxyl groups excluding tert-OH is 1. The van der Waals surface area contributed by atoms with Crippen molar-refractivity contribution in [1.29, 1.82) is 0 Å². The van der Waals surface area contributed by atoms with E-state index in [9.17, 15) is 5.11 Å². The zero-order valence-electron chi connectivity index (χ0n) is 11.6. The van der Waals surface area contributed by atoms with Gasteiger partial charge in [0, 0.05) is 49.0 Å². The van der Waals surface area contributed by atoms with E-state index >= 15 is 0 Å². The van der Waals surface area contributed by atoms with E-state index in [1.807, 2.05) is 6.07 Å². The normalized spacial score (nSPS) is 17.2. The average Bonchev–Trinajstić information content (AvgIpc) is 2.39. The second-order valence-electron chi connectivity index (χ2n) is 5.48. The molecule has 0 bridgehead atoms. The number of aliphatic hydroxyl groups is 1. The zero-order chi connectivity index (χ0) is 13.8. The van der Waals surface area contributed by atoms with Crippen molar-refractivity contribution in [2.75, 3.05) is 37.6 Å². The molecule has 0 radical (unpaired) electrons. The van der Waals surface area contributed by atoms with Crippen LogP contribution >= 0.6 is 15.9 Å². The van der Waals surface area contributed by atoms with Crippen molar-refractivity contribution in [2.45, 2.75) is 20.5 Å². The van der Waals surface area contributed by atoms with E-state index in [4.69, 9.17) is 0 Å². The van der Waals surface area contributed by atoms with Gasteiger partial charge in [-0.3, -0.25) is 4.90 Å². The molecule has 0 atom stereocenters. The first-order chi connectivity index (χ1) is 9.10. The van der Waals surface area contributed by atoms with Crippen LogP contribution in [0.2, 0.25) is 0 Å². The highest BCUT2D eigenvalue weighted by molar-refractivity contribution is 9.10. The molecule has 1 N–H and O–H groups in total. The Morgan fingerprint density at radius 2 is 2.00 bits per heavy atom. The summed E-state index contributed by atoms with van der Waals surface area (Å²) in [4.78, 5) is 9.23. The van der Waals surface area contributed by atoms with Crippen LogP contribution in [-0.4, -0.2) is 47.7 Å². The van der Waals surface area contributed by atoms with Crippen molar-refractivity contribution in [3.63, 3.8) is 0 Å². The largest absolute Gasteiger partial charge is 0.392 e. The quantitative estimate of drug-likeness (QED) is 0.919. The van der Waals surface area contributed by atoms with E-state index in [0.717, 1.165) is 48.6 Å². The molecule has 5 heteroatoms. The van der Waals surface area contributed by atoms with Crippen molar-refractivity contribution >= 4 is 21.7 Å². The average molecular weight is 328 g/mol. The van der Waals surface area contributed by atoms with Gasteiger partial charge in [-0.2, -0.15) is 0 Å². The molecule has 1 aliphatic heterocycles. The number of anilines is 1. The van der Waals surface area contributed by atoms with Crippen LogP contribution in [0.15, 0.2) is 16.7 Å². The van der Waals surface area contributed by atoms with Crippen molar-refractivity contribution in [3.05, 3.63) is 22.3 Å². The van der Waals surface area contributed by atoms with Crippen LogP contribution in [0.3, 0.4) is 0 Å². The number of nitrogens with zero attached hydrogens (tertiary/aromatic N) is 3. The first-order valence-corrected chi connectivity index (χ1v) is 7.62. The lowest BCUT2D eigenvalue weighted by Crippen LogP contribution is -2.48. The molecule has 0 unspecified atom stereocenters. The predicted molar refractivity (Wildman–Crippen MR) is 81.4 cm³/mol. The Labute approximate surface area is 123 Å². The topological polar surface area (TPSA) is 39.6 Å². The zero-order valence-corrected chi connectivity index (χ0v) is 13.2. The fraction of sp³-hybridized carbons (Fsp3) is 0.643. The summed E-state index contributed by atoms with van der Waals surface area (Å²) in [5.74, 6) is 1.64. The minimum absolute atomic E-state index is 0.0357. The van der Waals surface area contributed by atoms with Crippen molar-refractivity contribution in [2.24, 2.45) is 5.92 Å². The summed E-state index contributed by atoms with van der Waals surface area (Å²) < 4.78 is 0.916. The molecule has 0 aromatic carbocycles. The standard InChI is InChI=1S/C14H22BrN3O/c1-11(2)9-17-3-5-18(6-4-17)14-12(10-19)7-13(15)8-16-14/h7-8,11,19H,3-6,9-10H2,1-2H3. The summed E-state index contributed by atoms with van der Waals surface area (Å²) in [5.41, 5.74) is 0.895. The molecule has 1 aromatic heterocycles. The first kappa shape index (κ1) is 14.8. The molecule has 1 fully saturated rings.